The Morgan fingerprint density at radius 1 is 1.27 bits per heavy atom. The molecule has 4 heterocycles. The van der Waals surface area contributed by atoms with Gasteiger partial charge in [-0.15, -0.1) is 0 Å². The van der Waals surface area contributed by atoms with E-state index >= 15 is 0 Å². The molecular weight excluding hydrogens is 524 g/mol. The minimum Gasteiger partial charge on any atom is -0.591 e. The molecule has 0 amide bonds. The predicted octanol–water partition coefficient (Wildman–Crippen LogP) is 4.94. The van der Waals surface area contributed by atoms with E-state index < -0.39 is 16.1 Å². The van der Waals surface area contributed by atoms with Gasteiger partial charge in [-0.3, -0.25) is 4.98 Å². The monoisotopic (exact) mass is 548 g/mol. The Morgan fingerprint density at radius 2 is 2.00 bits per heavy atom. The molecule has 0 N–H and O–H groups in total. The Balaban J connectivity index is 1.50. The molecule has 1 aliphatic heterocycles. The first kappa shape index (κ1) is 23.1. The van der Waals surface area contributed by atoms with Crippen molar-refractivity contribution in [2.45, 2.75) is 51.7 Å². The number of hydrogen-bond donors (Lipinski definition) is 0. The molecule has 1 atom stereocenters. The van der Waals surface area contributed by atoms with Crippen LogP contribution in [-0.4, -0.2) is 47.7 Å². The van der Waals surface area contributed by atoms with Gasteiger partial charge >= 0.3 is 0 Å². The number of halogens is 2. The number of fused-ring (bicyclic) bond motifs is 2. The van der Waals surface area contributed by atoms with Gasteiger partial charge in [0, 0.05) is 36.7 Å². The summed E-state index contributed by atoms with van der Waals surface area (Å²) in [7, 11) is 0. The molecule has 33 heavy (non-hydrogen) atoms. The topological polar surface area (TPSA) is 81.7 Å². The van der Waals surface area contributed by atoms with E-state index in [-0.39, 0.29) is 5.41 Å². The quantitative estimate of drug-likeness (QED) is 0.423. The third-order valence-electron chi connectivity index (χ3n) is 6.55. The van der Waals surface area contributed by atoms with Gasteiger partial charge in [0.15, 0.2) is 5.82 Å². The third-order valence-corrected chi connectivity index (χ3v) is 9.06. The maximum atomic E-state index is 13.0. The second-order valence-corrected chi connectivity index (χ2v) is 12.9. The normalized spacial score (nSPS) is 20.1. The highest BCUT2D eigenvalue weighted by molar-refractivity contribution is 9.10. The lowest BCUT2D eigenvalue weighted by Gasteiger charge is -2.40. The van der Waals surface area contributed by atoms with Crippen molar-refractivity contribution in [3.8, 4) is 0 Å². The lowest BCUT2D eigenvalue weighted by molar-refractivity contribution is 0.328. The summed E-state index contributed by atoms with van der Waals surface area (Å²) in [4.78, 5) is 11.8. The van der Waals surface area contributed by atoms with Crippen molar-refractivity contribution < 1.29 is 4.55 Å². The van der Waals surface area contributed by atoms with Crippen LogP contribution in [0.4, 0.5) is 5.82 Å². The van der Waals surface area contributed by atoms with Gasteiger partial charge in [-0.25, -0.2) is 9.50 Å². The van der Waals surface area contributed by atoms with E-state index in [9.17, 15) is 4.55 Å². The van der Waals surface area contributed by atoms with E-state index in [0.29, 0.717) is 5.02 Å². The van der Waals surface area contributed by atoms with Gasteiger partial charge in [0.25, 0.3) is 0 Å². The molecule has 0 radical (unpaired) electrons. The third kappa shape index (κ3) is 3.96. The van der Waals surface area contributed by atoms with E-state index in [1.54, 1.807) is 12.4 Å². The Kier molecular flexibility index (Phi) is 5.75. The maximum Gasteiger partial charge on any atom is 0.155 e. The van der Waals surface area contributed by atoms with Crippen LogP contribution >= 0.6 is 27.5 Å². The summed E-state index contributed by atoms with van der Waals surface area (Å²) in [6.07, 6.45) is 6.03. The maximum absolute atomic E-state index is 13.0. The zero-order chi connectivity index (χ0) is 23.5. The molecule has 3 aromatic heterocycles. The van der Waals surface area contributed by atoms with Gasteiger partial charge in [0.2, 0.25) is 0 Å². The Labute approximate surface area is 210 Å². The summed E-state index contributed by atoms with van der Waals surface area (Å²) in [6.45, 7) is 9.47. The Bertz CT molecular complexity index is 1260. The molecule has 0 aromatic carbocycles. The van der Waals surface area contributed by atoms with Gasteiger partial charge in [-0.2, -0.15) is 5.10 Å². The van der Waals surface area contributed by atoms with Crippen molar-refractivity contribution in [3.63, 3.8) is 0 Å². The molecule has 174 valence electrons. The number of rotatable bonds is 2. The first-order valence-electron chi connectivity index (χ1n) is 11.0. The van der Waals surface area contributed by atoms with Gasteiger partial charge in [-0.1, -0.05) is 16.0 Å². The summed E-state index contributed by atoms with van der Waals surface area (Å²) < 4.78 is 20.2. The van der Waals surface area contributed by atoms with Crippen molar-refractivity contribution in [2.75, 3.05) is 18.0 Å². The van der Waals surface area contributed by atoms with Crippen LogP contribution in [0.15, 0.2) is 33.5 Å². The first-order chi connectivity index (χ1) is 15.6. The van der Waals surface area contributed by atoms with Crippen molar-refractivity contribution in [3.05, 3.63) is 51.1 Å². The lowest BCUT2D eigenvalue weighted by atomic mass is 9.75. The molecule has 1 aliphatic carbocycles. The number of aryl methyl sites for hydroxylation is 1. The molecule has 2 aliphatic rings. The number of nitrogens with zero attached hydrogens (tertiary/aromatic N) is 6. The van der Waals surface area contributed by atoms with Crippen LogP contribution in [0, 0.1) is 12.3 Å². The minimum atomic E-state index is -1.36. The number of hydrogen-bond acceptors (Lipinski definition) is 6. The molecule has 0 saturated carbocycles. The highest BCUT2D eigenvalue weighted by atomic mass is 79.9. The van der Waals surface area contributed by atoms with E-state index in [4.69, 9.17) is 21.0 Å². The number of piperidine rings is 1. The standard InChI is InChI=1S/C23H26BrClN6OS/c1-14-20(24)31-18(5-8-27-31)21(28-14)30-9-6-23(7-10-30)12-17-16(11-15(25)13-26-17)19(23)29-33(32)22(2,3)4/h5,8,11,13H,6-7,9-10,12H2,1-4H3. The smallest absolute Gasteiger partial charge is 0.155 e. The zero-order valence-corrected chi connectivity index (χ0v) is 22.3. The summed E-state index contributed by atoms with van der Waals surface area (Å²) >= 11 is 8.53. The van der Waals surface area contributed by atoms with E-state index in [0.717, 1.165) is 71.0 Å². The van der Waals surface area contributed by atoms with Crippen LogP contribution in [0.1, 0.15) is 50.6 Å². The van der Waals surface area contributed by atoms with Crippen LogP contribution in [0.25, 0.3) is 5.52 Å². The average Bonchev–Trinajstić information content (AvgIpc) is 3.35. The van der Waals surface area contributed by atoms with Crippen molar-refractivity contribution in [1.82, 2.24) is 19.6 Å². The largest absolute Gasteiger partial charge is 0.591 e. The van der Waals surface area contributed by atoms with Crippen LogP contribution in [0.2, 0.25) is 5.02 Å². The van der Waals surface area contributed by atoms with E-state index in [1.807, 2.05) is 44.3 Å². The predicted molar refractivity (Wildman–Crippen MR) is 137 cm³/mol. The molecule has 3 aromatic rings. The second kappa shape index (κ2) is 8.22. The fraction of sp³-hybridized carbons (Fsp3) is 0.478. The van der Waals surface area contributed by atoms with E-state index in [1.165, 1.54) is 0 Å². The van der Waals surface area contributed by atoms with Crippen LogP contribution in [0.5, 0.6) is 0 Å². The van der Waals surface area contributed by atoms with Gasteiger partial charge in [-0.05, 0) is 68.6 Å². The first-order valence-corrected chi connectivity index (χ1v) is 13.3. The molecule has 5 rings (SSSR count). The van der Waals surface area contributed by atoms with Gasteiger partial charge < -0.3 is 9.45 Å². The van der Waals surface area contributed by atoms with Crippen LogP contribution < -0.4 is 4.90 Å². The van der Waals surface area contributed by atoms with Gasteiger partial charge in [0.1, 0.15) is 31.9 Å². The van der Waals surface area contributed by atoms with Gasteiger partial charge in [0.05, 0.1) is 22.6 Å². The van der Waals surface area contributed by atoms with Crippen molar-refractivity contribution >= 4 is 55.9 Å². The molecular formula is C23H26BrClN6OS. The molecule has 1 saturated heterocycles. The lowest BCUT2D eigenvalue weighted by Crippen LogP contribution is -2.44. The molecule has 1 unspecified atom stereocenters. The van der Waals surface area contributed by atoms with Crippen molar-refractivity contribution in [2.24, 2.45) is 9.81 Å². The summed E-state index contributed by atoms with van der Waals surface area (Å²) in [5.41, 5.74) is 4.52. The zero-order valence-electron chi connectivity index (χ0n) is 19.1. The molecule has 7 nitrogen and oxygen atoms in total. The highest BCUT2D eigenvalue weighted by Crippen LogP contribution is 2.46. The molecule has 1 fully saturated rings. The Hall–Kier alpha value is -1.68. The van der Waals surface area contributed by atoms with Crippen molar-refractivity contribution in [1.29, 1.82) is 0 Å². The van der Waals surface area contributed by atoms with Crippen LogP contribution in [0.3, 0.4) is 0 Å². The van der Waals surface area contributed by atoms with Crippen LogP contribution in [-0.2, 0) is 17.8 Å². The number of pyridine rings is 1. The molecule has 1 spiro atoms. The minimum absolute atomic E-state index is 0.196. The van der Waals surface area contributed by atoms with E-state index in [2.05, 4.69) is 30.9 Å². The second-order valence-electron chi connectivity index (χ2n) is 9.83. The summed E-state index contributed by atoms with van der Waals surface area (Å²) in [6, 6.07) is 3.92. The highest BCUT2D eigenvalue weighted by Gasteiger charge is 2.48. The molecule has 10 heteroatoms. The molecule has 0 bridgehead atoms. The fourth-order valence-corrected chi connectivity index (χ4v) is 5.97. The number of anilines is 1. The fourth-order valence-electron chi connectivity index (χ4n) is 4.71. The Morgan fingerprint density at radius 3 is 2.70 bits per heavy atom. The summed E-state index contributed by atoms with van der Waals surface area (Å²) in [5.74, 6) is 0.941. The summed E-state index contributed by atoms with van der Waals surface area (Å²) in [5, 5.41) is 5.02. The number of aromatic nitrogens is 4. The SMILES string of the molecule is Cc1nc(N2CCC3(CC2)Cc2ncc(Cl)cc2C3=N[S+]([O-])C(C)(C)C)c2ccnn2c1Br. The average molecular weight is 550 g/mol.